The number of carboxylic acid groups (broad SMARTS) is 1. The van der Waals surface area contributed by atoms with Crippen molar-refractivity contribution in [1.29, 1.82) is 0 Å². The summed E-state index contributed by atoms with van der Waals surface area (Å²) in [6, 6.07) is 4.22. The zero-order valence-electron chi connectivity index (χ0n) is 13.7. The third-order valence-corrected chi connectivity index (χ3v) is 5.22. The molecule has 1 amide bonds. The van der Waals surface area contributed by atoms with Crippen molar-refractivity contribution < 1.29 is 19.6 Å². The summed E-state index contributed by atoms with van der Waals surface area (Å²) in [4.78, 5) is 36.2. The monoisotopic (exact) mass is 377 g/mol. The Balaban J connectivity index is 1.84. The van der Waals surface area contributed by atoms with Gasteiger partial charge in [-0.2, -0.15) is 0 Å². The minimum atomic E-state index is -0.943. The molecule has 1 aromatic carbocycles. The van der Waals surface area contributed by atoms with Crippen LogP contribution in [0.5, 0.6) is 0 Å². The summed E-state index contributed by atoms with van der Waals surface area (Å²) in [6.45, 7) is 0.427. The molecule has 0 saturated carbocycles. The highest BCUT2D eigenvalue weighted by molar-refractivity contribution is 7.99. The highest BCUT2D eigenvalue weighted by Crippen LogP contribution is 2.34. The number of aliphatic carboxylic acids is 1. The van der Waals surface area contributed by atoms with Crippen LogP contribution in [0.1, 0.15) is 16.8 Å². The van der Waals surface area contributed by atoms with Crippen LogP contribution in [-0.4, -0.2) is 54.7 Å². The van der Waals surface area contributed by atoms with Crippen molar-refractivity contribution in [2.24, 2.45) is 13.0 Å². The molecule has 10 nitrogen and oxygen atoms in total. The number of hydrogen-bond acceptors (Lipinski definition) is 7. The molecule has 11 heteroatoms. The maximum atomic E-state index is 12.5. The van der Waals surface area contributed by atoms with Crippen LogP contribution in [-0.2, 0) is 11.8 Å². The van der Waals surface area contributed by atoms with Crippen molar-refractivity contribution in [2.75, 3.05) is 13.1 Å². The molecule has 1 atom stereocenters. The van der Waals surface area contributed by atoms with Gasteiger partial charge in [0.05, 0.1) is 15.7 Å². The van der Waals surface area contributed by atoms with Crippen LogP contribution in [0.4, 0.5) is 5.69 Å². The van der Waals surface area contributed by atoms with Crippen LogP contribution < -0.4 is 0 Å². The molecule has 2 aromatic rings. The summed E-state index contributed by atoms with van der Waals surface area (Å²) in [5.74, 6) is -1.95. The first kappa shape index (κ1) is 17.9. The highest BCUT2D eigenvalue weighted by atomic mass is 32.2. The zero-order valence-corrected chi connectivity index (χ0v) is 14.5. The quantitative estimate of drug-likeness (QED) is 0.611. The first-order valence-corrected chi connectivity index (χ1v) is 8.51. The Morgan fingerprint density at radius 2 is 2.19 bits per heavy atom. The first-order chi connectivity index (χ1) is 12.4. The Hall–Kier alpha value is -2.95. The van der Waals surface area contributed by atoms with Crippen LogP contribution in [0.2, 0.25) is 0 Å². The average Bonchev–Trinajstić information content (AvgIpc) is 3.24. The van der Waals surface area contributed by atoms with E-state index in [1.807, 2.05) is 0 Å². The Morgan fingerprint density at radius 3 is 2.77 bits per heavy atom. The van der Waals surface area contributed by atoms with Gasteiger partial charge in [0, 0.05) is 31.8 Å². The molecule has 1 aromatic heterocycles. The average molecular weight is 377 g/mol. The second-order valence-corrected chi connectivity index (χ2v) is 6.85. The van der Waals surface area contributed by atoms with E-state index in [9.17, 15) is 19.7 Å². The number of benzene rings is 1. The number of nitrogens with zero attached hydrogens (tertiary/aromatic N) is 5. The lowest BCUT2D eigenvalue weighted by atomic mass is 10.1. The molecular weight excluding hydrogens is 362 g/mol. The summed E-state index contributed by atoms with van der Waals surface area (Å²) in [5.41, 5.74) is -0.0529. The first-order valence-electron chi connectivity index (χ1n) is 7.69. The van der Waals surface area contributed by atoms with E-state index in [0.717, 1.165) is 11.8 Å². The SMILES string of the molecule is Cn1cnnc1Sc1ccc(C(=O)N2CCC(C(=O)O)C2)cc1[N+](=O)[O-]. The largest absolute Gasteiger partial charge is 0.481 e. The Labute approximate surface area is 152 Å². The molecule has 1 fully saturated rings. The molecule has 0 spiro atoms. The molecule has 1 aliphatic heterocycles. The van der Waals surface area contributed by atoms with Gasteiger partial charge < -0.3 is 14.6 Å². The molecule has 26 heavy (non-hydrogen) atoms. The molecule has 0 bridgehead atoms. The maximum Gasteiger partial charge on any atom is 0.308 e. The topological polar surface area (TPSA) is 131 Å². The van der Waals surface area contributed by atoms with E-state index in [4.69, 9.17) is 5.11 Å². The van der Waals surface area contributed by atoms with Crippen molar-refractivity contribution in [3.05, 3.63) is 40.2 Å². The van der Waals surface area contributed by atoms with Gasteiger partial charge in [0.15, 0.2) is 5.16 Å². The van der Waals surface area contributed by atoms with E-state index in [-0.39, 0.29) is 17.8 Å². The number of nitro benzene ring substituents is 1. The summed E-state index contributed by atoms with van der Waals surface area (Å²) in [7, 11) is 1.72. The predicted octanol–water partition coefficient (Wildman–Crippen LogP) is 1.42. The van der Waals surface area contributed by atoms with Gasteiger partial charge in [-0.1, -0.05) is 0 Å². The molecule has 1 unspecified atom stereocenters. The van der Waals surface area contributed by atoms with Gasteiger partial charge in [0.25, 0.3) is 11.6 Å². The molecule has 3 rings (SSSR count). The van der Waals surface area contributed by atoms with Crippen molar-refractivity contribution >= 4 is 29.3 Å². The minimum Gasteiger partial charge on any atom is -0.481 e. The van der Waals surface area contributed by atoms with Gasteiger partial charge in [-0.25, -0.2) is 0 Å². The summed E-state index contributed by atoms with van der Waals surface area (Å²) < 4.78 is 1.63. The Kier molecular flexibility index (Phi) is 4.89. The number of nitro groups is 1. The number of hydrogen-bond donors (Lipinski definition) is 1. The second kappa shape index (κ2) is 7.12. The van der Waals surface area contributed by atoms with Gasteiger partial charge in [-0.3, -0.25) is 19.7 Å². The lowest BCUT2D eigenvalue weighted by Gasteiger charge is -2.16. The van der Waals surface area contributed by atoms with Crippen molar-refractivity contribution in [1.82, 2.24) is 19.7 Å². The lowest BCUT2D eigenvalue weighted by molar-refractivity contribution is -0.387. The molecule has 2 heterocycles. The van der Waals surface area contributed by atoms with Crippen LogP contribution >= 0.6 is 11.8 Å². The fourth-order valence-corrected chi connectivity index (χ4v) is 3.52. The van der Waals surface area contributed by atoms with Crippen LogP contribution in [0.3, 0.4) is 0 Å². The molecule has 1 N–H and O–H groups in total. The van der Waals surface area contributed by atoms with Gasteiger partial charge >= 0.3 is 5.97 Å². The van der Waals surface area contributed by atoms with Crippen molar-refractivity contribution in [2.45, 2.75) is 16.5 Å². The van der Waals surface area contributed by atoms with Crippen molar-refractivity contribution in [3.63, 3.8) is 0 Å². The van der Waals surface area contributed by atoms with Crippen LogP contribution in [0, 0.1) is 16.0 Å². The molecule has 136 valence electrons. The number of aromatic nitrogens is 3. The Morgan fingerprint density at radius 1 is 1.42 bits per heavy atom. The molecule has 0 aliphatic carbocycles. The minimum absolute atomic E-state index is 0.109. The van der Waals surface area contributed by atoms with Crippen molar-refractivity contribution in [3.8, 4) is 0 Å². The number of amides is 1. The number of carbonyl (C=O) groups is 2. The molecule has 0 radical (unpaired) electrons. The standard InChI is InChI=1S/C15H15N5O5S/c1-18-8-16-17-15(18)26-12-3-2-9(6-11(12)20(24)25)13(21)19-5-4-10(7-19)14(22)23/h2-3,6,8,10H,4-5,7H2,1H3,(H,22,23). The number of likely N-dealkylation sites (tertiary alicyclic amines) is 1. The smallest absolute Gasteiger partial charge is 0.308 e. The van der Waals surface area contributed by atoms with E-state index in [1.54, 1.807) is 11.6 Å². The fourth-order valence-electron chi connectivity index (χ4n) is 2.67. The van der Waals surface area contributed by atoms with E-state index in [0.29, 0.717) is 23.0 Å². The Bertz CT molecular complexity index is 883. The van der Waals surface area contributed by atoms with Gasteiger partial charge in [-0.05, 0) is 30.3 Å². The summed E-state index contributed by atoms with van der Waals surface area (Å²) in [5, 5.41) is 28.5. The zero-order chi connectivity index (χ0) is 18.8. The lowest BCUT2D eigenvalue weighted by Crippen LogP contribution is -2.30. The van der Waals surface area contributed by atoms with E-state index in [1.165, 1.54) is 29.4 Å². The van der Waals surface area contributed by atoms with Gasteiger partial charge in [-0.15, -0.1) is 10.2 Å². The number of aryl methyl sites for hydroxylation is 1. The van der Waals surface area contributed by atoms with Gasteiger partial charge in [0.1, 0.15) is 6.33 Å². The normalized spacial score (nSPS) is 16.7. The third-order valence-electron chi connectivity index (χ3n) is 4.10. The van der Waals surface area contributed by atoms with Crippen LogP contribution in [0.25, 0.3) is 0 Å². The second-order valence-electron chi connectivity index (χ2n) is 5.84. The predicted molar refractivity (Wildman–Crippen MR) is 89.9 cm³/mol. The van der Waals surface area contributed by atoms with Gasteiger partial charge in [0.2, 0.25) is 0 Å². The summed E-state index contributed by atoms with van der Waals surface area (Å²) >= 11 is 1.08. The number of rotatable bonds is 5. The van der Waals surface area contributed by atoms with E-state index < -0.39 is 22.7 Å². The summed E-state index contributed by atoms with van der Waals surface area (Å²) in [6.07, 6.45) is 1.86. The maximum absolute atomic E-state index is 12.5. The third kappa shape index (κ3) is 3.52. The number of carboxylic acids is 1. The number of carbonyl (C=O) groups excluding carboxylic acids is 1. The van der Waals surface area contributed by atoms with Crippen LogP contribution in [0.15, 0.2) is 34.6 Å². The molecule has 1 saturated heterocycles. The van der Waals surface area contributed by atoms with E-state index >= 15 is 0 Å². The highest BCUT2D eigenvalue weighted by Gasteiger charge is 2.32. The van der Waals surface area contributed by atoms with E-state index in [2.05, 4.69) is 10.2 Å². The molecular formula is C15H15N5O5S. The molecule has 1 aliphatic rings. The fraction of sp³-hybridized carbons (Fsp3) is 0.333.